The molecule has 0 aromatic heterocycles. The van der Waals surface area contributed by atoms with Gasteiger partial charge in [-0.15, -0.1) is 0 Å². The molecule has 0 unspecified atom stereocenters. The van der Waals surface area contributed by atoms with Gasteiger partial charge in [0, 0.05) is 32.3 Å². The quantitative estimate of drug-likeness (QED) is 0.807. The second-order valence-corrected chi connectivity index (χ2v) is 5.54. The number of aryl methyl sites for hydroxylation is 1. The lowest BCUT2D eigenvalue weighted by Crippen LogP contribution is -2.37. The van der Waals surface area contributed by atoms with E-state index in [4.69, 9.17) is 10.5 Å². The third kappa shape index (κ3) is 2.45. The molecule has 0 saturated carbocycles. The molecule has 5 nitrogen and oxygen atoms in total. The van der Waals surface area contributed by atoms with E-state index in [9.17, 15) is 4.79 Å². The average molecular weight is 275 g/mol. The van der Waals surface area contributed by atoms with Crippen molar-refractivity contribution < 1.29 is 9.53 Å². The highest BCUT2D eigenvalue weighted by Crippen LogP contribution is 2.34. The number of carbonyl (C=O) groups is 1. The van der Waals surface area contributed by atoms with Crippen molar-refractivity contribution in [1.82, 2.24) is 0 Å². The lowest BCUT2D eigenvalue weighted by atomic mass is 10.00. The summed E-state index contributed by atoms with van der Waals surface area (Å²) >= 11 is 0. The van der Waals surface area contributed by atoms with Gasteiger partial charge in [0.1, 0.15) is 0 Å². The van der Waals surface area contributed by atoms with E-state index in [1.165, 1.54) is 0 Å². The van der Waals surface area contributed by atoms with Crippen molar-refractivity contribution in [2.45, 2.75) is 31.8 Å². The van der Waals surface area contributed by atoms with Crippen LogP contribution in [0.1, 0.15) is 24.8 Å². The highest BCUT2D eigenvalue weighted by atomic mass is 16.5. The monoisotopic (exact) mass is 275 g/mol. The third-order valence-electron chi connectivity index (χ3n) is 4.26. The van der Waals surface area contributed by atoms with Crippen LogP contribution in [0.25, 0.3) is 0 Å². The number of benzene rings is 1. The van der Waals surface area contributed by atoms with Gasteiger partial charge in [0.15, 0.2) is 0 Å². The zero-order valence-corrected chi connectivity index (χ0v) is 11.8. The molecule has 1 aromatic rings. The molecular formula is C15H21N3O2. The number of nitrogens with two attached hydrogens (primary N) is 1. The molecule has 20 heavy (non-hydrogen) atoms. The molecule has 2 aliphatic rings. The molecule has 3 N–H and O–H groups in total. The number of hydrogen-bond acceptors (Lipinski definition) is 4. The van der Waals surface area contributed by atoms with Crippen LogP contribution in [-0.4, -0.2) is 32.2 Å². The smallest absolute Gasteiger partial charge is 0.224 e. The van der Waals surface area contributed by atoms with Gasteiger partial charge in [-0.25, -0.2) is 0 Å². The van der Waals surface area contributed by atoms with Gasteiger partial charge in [-0.2, -0.15) is 0 Å². The number of hydrogen-bond donors (Lipinski definition) is 2. The van der Waals surface area contributed by atoms with Crippen LogP contribution in [-0.2, 0) is 16.0 Å². The number of carbonyl (C=O) groups excluding carboxylic acids is 1. The maximum atomic E-state index is 11.5. The summed E-state index contributed by atoms with van der Waals surface area (Å²) in [6.07, 6.45) is 3.70. The van der Waals surface area contributed by atoms with Gasteiger partial charge in [-0.05, 0) is 37.0 Å². The number of ether oxygens (including phenoxy) is 1. The van der Waals surface area contributed by atoms with E-state index in [1.54, 1.807) is 7.11 Å². The summed E-state index contributed by atoms with van der Waals surface area (Å²) in [5, 5.41) is 2.94. The number of rotatable bonds is 2. The Kier molecular flexibility index (Phi) is 3.53. The maximum absolute atomic E-state index is 11.5. The van der Waals surface area contributed by atoms with Crippen LogP contribution in [0.4, 0.5) is 17.1 Å². The van der Waals surface area contributed by atoms with Crippen LogP contribution in [0, 0.1) is 0 Å². The molecule has 0 aliphatic carbocycles. The van der Waals surface area contributed by atoms with Gasteiger partial charge >= 0.3 is 0 Å². The van der Waals surface area contributed by atoms with Gasteiger partial charge < -0.3 is 20.7 Å². The molecule has 0 atom stereocenters. The lowest BCUT2D eigenvalue weighted by molar-refractivity contribution is -0.116. The normalized spacial score (nSPS) is 19.6. The fourth-order valence-electron chi connectivity index (χ4n) is 3.04. The standard InChI is InChI=1S/C15H21N3O2/c1-20-11-4-6-18(7-5-11)14-9-13-10(8-12(14)16)2-3-15(19)17-13/h8-9,11H,2-7,16H2,1H3,(H,17,19). The summed E-state index contributed by atoms with van der Waals surface area (Å²) in [6, 6.07) is 4.03. The molecule has 0 bridgehead atoms. The highest BCUT2D eigenvalue weighted by molar-refractivity contribution is 5.95. The molecule has 1 aromatic carbocycles. The minimum Gasteiger partial charge on any atom is -0.397 e. The lowest BCUT2D eigenvalue weighted by Gasteiger charge is -2.34. The van der Waals surface area contributed by atoms with E-state index in [0.717, 1.165) is 55.0 Å². The van der Waals surface area contributed by atoms with Crippen molar-refractivity contribution in [2.75, 3.05) is 36.1 Å². The van der Waals surface area contributed by atoms with E-state index >= 15 is 0 Å². The van der Waals surface area contributed by atoms with Crippen molar-refractivity contribution in [3.8, 4) is 0 Å². The van der Waals surface area contributed by atoms with Crippen molar-refractivity contribution in [3.63, 3.8) is 0 Å². The number of fused-ring (bicyclic) bond motifs is 1. The van der Waals surface area contributed by atoms with Gasteiger partial charge in [0.2, 0.25) is 5.91 Å². The number of piperidine rings is 1. The van der Waals surface area contributed by atoms with Gasteiger partial charge in [0.05, 0.1) is 17.5 Å². The second-order valence-electron chi connectivity index (χ2n) is 5.54. The maximum Gasteiger partial charge on any atom is 0.224 e. The molecule has 1 fully saturated rings. The molecule has 1 amide bonds. The molecule has 2 heterocycles. The molecule has 0 spiro atoms. The number of amides is 1. The minimum absolute atomic E-state index is 0.0892. The number of anilines is 3. The molecule has 2 aliphatic heterocycles. The van der Waals surface area contributed by atoms with Crippen molar-refractivity contribution in [1.29, 1.82) is 0 Å². The Morgan fingerprint density at radius 1 is 1.30 bits per heavy atom. The molecule has 1 saturated heterocycles. The first-order valence-electron chi connectivity index (χ1n) is 7.17. The zero-order chi connectivity index (χ0) is 14.1. The highest BCUT2D eigenvalue weighted by Gasteiger charge is 2.23. The Balaban J connectivity index is 1.83. The molecule has 3 rings (SSSR count). The number of methoxy groups -OCH3 is 1. The van der Waals surface area contributed by atoms with Crippen molar-refractivity contribution >= 4 is 23.0 Å². The number of nitrogens with one attached hydrogen (secondary N) is 1. The Morgan fingerprint density at radius 3 is 2.75 bits per heavy atom. The third-order valence-corrected chi connectivity index (χ3v) is 4.26. The minimum atomic E-state index is 0.0892. The summed E-state index contributed by atoms with van der Waals surface area (Å²) < 4.78 is 5.40. The molecule has 5 heteroatoms. The Morgan fingerprint density at radius 2 is 2.05 bits per heavy atom. The van der Waals surface area contributed by atoms with E-state index in [2.05, 4.69) is 10.2 Å². The SMILES string of the molecule is COC1CCN(c2cc3c(cc2N)CCC(=O)N3)CC1. The van der Waals surface area contributed by atoms with E-state index in [-0.39, 0.29) is 5.91 Å². The van der Waals surface area contributed by atoms with Crippen LogP contribution in [0.2, 0.25) is 0 Å². The Labute approximate surface area is 119 Å². The van der Waals surface area contributed by atoms with Crippen LogP contribution >= 0.6 is 0 Å². The molecule has 108 valence electrons. The van der Waals surface area contributed by atoms with Gasteiger partial charge in [-0.1, -0.05) is 0 Å². The summed E-state index contributed by atoms with van der Waals surface area (Å²) in [6.45, 7) is 1.88. The topological polar surface area (TPSA) is 67.6 Å². The zero-order valence-electron chi connectivity index (χ0n) is 11.8. The predicted molar refractivity (Wildman–Crippen MR) is 80.0 cm³/mol. The number of nitrogen functional groups attached to an aromatic ring is 1. The summed E-state index contributed by atoms with van der Waals surface area (Å²) in [4.78, 5) is 13.8. The predicted octanol–water partition coefficient (Wildman–Crippen LogP) is 1.77. The van der Waals surface area contributed by atoms with Gasteiger partial charge in [0.25, 0.3) is 0 Å². The first-order valence-corrected chi connectivity index (χ1v) is 7.17. The summed E-state index contributed by atoms with van der Waals surface area (Å²) in [5.74, 6) is 0.0892. The van der Waals surface area contributed by atoms with E-state index in [1.807, 2.05) is 12.1 Å². The van der Waals surface area contributed by atoms with E-state index < -0.39 is 0 Å². The fraction of sp³-hybridized carbons (Fsp3) is 0.533. The molecular weight excluding hydrogens is 254 g/mol. The Hall–Kier alpha value is -1.75. The van der Waals surface area contributed by atoms with Gasteiger partial charge in [-0.3, -0.25) is 4.79 Å². The largest absolute Gasteiger partial charge is 0.397 e. The van der Waals surface area contributed by atoms with E-state index in [0.29, 0.717) is 12.5 Å². The summed E-state index contributed by atoms with van der Waals surface area (Å²) in [7, 11) is 1.77. The van der Waals surface area contributed by atoms with Crippen LogP contribution < -0.4 is 16.0 Å². The first-order chi connectivity index (χ1) is 9.67. The van der Waals surface area contributed by atoms with Crippen molar-refractivity contribution in [3.05, 3.63) is 17.7 Å². The first kappa shape index (κ1) is 13.2. The average Bonchev–Trinajstić information content (AvgIpc) is 2.47. The second kappa shape index (κ2) is 5.32. The van der Waals surface area contributed by atoms with Crippen LogP contribution in [0.15, 0.2) is 12.1 Å². The Bertz CT molecular complexity index is 522. The number of nitrogens with zero attached hydrogens (tertiary/aromatic N) is 1. The van der Waals surface area contributed by atoms with Crippen LogP contribution in [0.5, 0.6) is 0 Å². The molecule has 0 radical (unpaired) electrons. The van der Waals surface area contributed by atoms with Crippen LogP contribution in [0.3, 0.4) is 0 Å². The fourth-order valence-corrected chi connectivity index (χ4v) is 3.04. The summed E-state index contributed by atoms with van der Waals surface area (Å²) in [5.41, 5.74) is 10.1. The van der Waals surface area contributed by atoms with Crippen molar-refractivity contribution in [2.24, 2.45) is 0 Å².